The van der Waals surface area contributed by atoms with Gasteiger partial charge >= 0.3 is 5.72 Å². The summed E-state index contributed by atoms with van der Waals surface area (Å²) in [7, 11) is -1.50. The lowest BCUT2D eigenvalue weighted by Crippen LogP contribution is -2.63. The van der Waals surface area contributed by atoms with Crippen LogP contribution in [0.5, 0.6) is 0 Å². The van der Waals surface area contributed by atoms with E-state index in [0.717, 1.165) is 5.56 Å². The minimum atomic E-state index is -1.50. The minimum absolute atomic E-state index is 0.119. The van der Waals surface area contributed by atoms with Crippen LogP contribution in [0.2, 0.25) is 0 Å². The van der Waals surface area contributed by atoms with E-state index in [1.54, 1.807) is 22.9 Å². The van der Waals surface area contributed by atoms with Gasteiger partial charge in [-0.25, -0.2) is 5.09 Å². The molecule has 0 radical (unpaired) electrons. The summed E-state index contributed by atoms with van der Waals surface area (Å²) in [6, 6.07) is 13.4. The number of primary amides is 1. The van der Waals surface area contributed by atoms with Crippen molar-refractivity contribution in [1.82, 2.24) is 5.09 Å². The monoisotopic (exact) mass is 592 g/mol. The fourth-order valence-corrected chi connectivity index (χ4v) is 6.47. The molecule has 2 saturated heterocycles. The first-order valence-electron chi connectivity index (χ1n) is 13.2. The predicted molar refractivity (Wildman–Crippen MR) is 152 cm³/mol. The molecule has 0 spiro atoms. The number of hydrogen-bond donors (Lipinski definition) is 2. The summed E-state index contributed by atoms with van der Waals surface area (Å²) in [5.74, 6) is -0.894. The fourth-order valence-electron chi connectivity index (χ4n) is 4.46. The van der Waals surface area contributed by atoms with E-state index in [9.17, 15) is 9.59 Å². The Morgan fingerprint density at radius 3 is 2.62 bits per heavy atom. The van der Waals surface area contributed by atoms with Crippen LogP contribution in [-0.2, 0) is 40.3 Å². The van der Waals surface area contributed by atoms with Crippen molar-refractivity contribution in [2.24, 2.45) is 11.1 Å². The smallest absolute Gasteiger partial charge is 0.327 e. The molecule has 4 atom stereocenters. The van der Waals surface area contributed by atoms with E-state index in [1.807, 2.05) is 71.1 Å². The third-order valence-electron chi connectivity index (χ3n) is 6.39. The molecule has 1 amide bonds. The quantitative estimate of drug-likeness (QED) is 0.216. The number of carbonyl (C=O) groups is 2. The van der Waals surface area contributed by atoms with Gasteiger partial charge in [-0.2, -0.15) is 4.57 Å². The zero-order valence-electron chi connectivity index (χ0n) is 23.6. The van der Waals surface area contributed by atoms with Crippen molar-refractivity contribution in [2.75, 3.05) is 25.6 Å². The van der Waals surface area contributed by atoms with E-state index < -0.39 is 43.6 Å². The van der Waals surface area contributed by atoms with Crippen molar-refractivity contribution in [3.8, 4) is 0 Å². The zero-order chi connectivity index (χ0) is 29.0. The van der Waals surface area contributed by atoms with Crippen LogP contribution >= 0.6 is 20.3 Å². The Balaban J connectivity index is 1.42. The topological polar surface area (TPSA) is 122 Å². The third-order valence-corrected chi connectivity index (χ3v) is 8.85. The average molecular weight is 593 g/mol. The number of fused-ring (bicyclic) bond motifs is 1. The van der Waals surface area contributed by atoms with E-state index in [4.69, 9.17) is 29.0 Å². The second-order valence-electron chi connectivity index (χ2n) is 11.2. The Hall–Kier alpha value is -1.95. The van der Waals surface area contributed by atoms with Gasteiger partial charge in [0.2, 0.25) is 0 Å². The Bertz CT molecular complexity index is 1180. The molecular formula is C28H39N3O7PS+. The van der Waals surface area contributed by atoms with E-state index in [2.05, 4.69) is 5.09 Å². The van der Waals surface area contributed by atoms with E-state index in [1.165, 1.54) is 11.8 Å². The summed E-state index contributed by atoms with van der Waals surface area (Å²) in [5.41, 5.74) is 5.57. The Morgan fingerprint density at radius 1 is 1.18 bits per heavy atom. The SMILES string of the molecule is CC1(C)OC2C(COP(NCc3ccccc3)OCCSC(=O)C(C)(C)C)OCC2([n+]2cccc(C(N)=O)c2)O1. The van der Waals surface area contributed by atoms with E-state index >= 15 is 0 Å². The number of carbonyl (C=O) groups excluding carboxylic acids is 2. The first-order valence-corrected chi connectivity index (χ1v) is 15.4. The molecule has 3 N–H and O–H groups in total. The maximum absolute atomic E-state index is 12.3. The number of thioether (sulfide) groups is 1. The lowest BCUT2D eigenvalue weighted by atomic mass is 10.00. The Labute approximate surface area is 241 Å². The van der Waals surface area contributed by atoms with Crippen molar-refractivity contribution in [2.45, 2.75) is 64.9 Å². The van der Waals surface area contributed by atoms with Crippen LogP contribution in [0.25, 0.3) is 0 Å². The molecule has 12 heteroatoms. The summed E-state index contributed by atoms with van der Waals surface area (Å²) < 4.78 is 32.9. The van der Waals surface area contributed by atoms with E-state index in [-0.39, 0.29) is 18.3 Å². The first-order chi connectivity index (χ1) is 18.9. The second kappa shape index (κ2) is 12.9. The Morgan fingerprint density at radius 2 is 1.93 bits per heavy atom. The summed E-state index contributed by atoms with van der Waals surface area (Å²) in [5, 5.41) is 3.48. The number of nitrogens with one attached hydrogen (secondary N) is 1. The normalized spacial score (nSPS) is 24.5. The van der Waals surface area contributed by atoms with Gasteiger partial charge in [-0.15, -0.1) is 0 Å². The summed E-state index contributed by atoms with van der Waals surface area (Å²) in [6.07, 6.45) is 2.49. The van der Waals surface area contributed by atoms with Crippen molar-refractivity contribution in [3.05, 3.63) is 66.0 Å². The van der Waals surface area contributed by atoms with Crippen molar-refractivity contribution in [3.63, 3.8) is 0 Å². The van der Waals surface area contributed by atoms with Crippen LogP contribution in [0.3, 0.4) is 0 Å². The molecule has 10 nitrogen and oxygen atoms in total. The van der Waals surface area contributed by atoms with Gasteiger partial charge in [0.1, 0.15) is 18.3 Å². The number of ether oxygens (including phenoxy) is 3. The summed E-state index contributed by atoms with van der Waals surface area (Å²) in [4.78, 5) is 24.1. The zero-order valence-corrected chi connectivity index (χ0v) is 25.3. The highest BCUT2D eigenvalue weighted by Crippen LogP contribution is 2.45. The molecule has 2 fully saturated rings. The largest absolute Gasteiger partial charge is 0.365 e. The van der Waals surface area contributed by atoms with Gasteiger partial charge < -0.3 is 24.3 Å². The molecular weight excluding hydrogens is 553 g/mol. The molecule has 0 bridgehead atoms. The molecule has 218 valence electrons. The van der Waals surface area contributed by atoms with Gasteiger partial charge in [0.15, 0.2) is 29.4 Å². The molecule has 1 aromatic heterocycles. The standard InChI is InChI=1S/C28H38N3O7PS/c1-26(2,3)25(33)40-15-14-35-39(30-16-20-10-7-6-8-11-20)36-18-22-23-28(19-34-22,38-27(4,5)37-23)31-13-9-12-21(17-31)24(29)32/h6-13,17,22-23,30H,14-16,18-19H2,1-5H3,(H-,29,32)/p+1. The molecule has 1 aromatic carbocycles. The van der Waals surface area contributed by atoms with Gasteiger partial charge in [-0.05, 0) is 25.5 Å². The highest BCUT2D eigenvalue weighted by atomic mass is 32.2. The molecule has 2 aromatic rings. The third kappa shape index (κ3) is 7.66. The van der Waals surface area contributed by atoms with E-state index in [0.29, 0.717) is 24.5 Å². The van der Waals surface area contributed by atoms with Gasteiger partial charge in [-0.3, -0.25) is 14.3 Å². The highest BCUT2D eigenvalue weighted by Gasteiger charge is 2.68. The summed E-state index contributed by atoms with van der Waals surface area (Å²) in [6.45, 7) is 10.7. The highest BCUT2D eigenvalue weighted by molar-refractivity contribution is 8.13. The minimum Gasteiger partial charge on any atom is -0.365 e. The van der Waals surface area contributed by atoms with Crippen molar-refractivity contribution >= 4 is 31.3 Å². The molecule has 3 heterocycles. The number of nitrogens with two attached hydrogens (primary N) is 1. The van der Waals surface area contributed by atoms with Crippen LogP contribution < -0.4 is 15.4 Å². The molecule has 0 saturated carbocycles. The maximum atomic E-state index is 12.3. The predicted octanol–water partition coefficient (Wildman–Crippen LogP) is 3.63. The molecule has 0 aliphatic carbocycles. The van der Waals surface area contributed by atoms with Crippen molar-refractivity contribution in [1.29, 1.82) is 0 Å². The fraction of sp³-hybridized carbons (Fsp3) is 0.536. The summed E-state index contributed by atoms with van der Waals surface area (Å²) >= 11 is 1.26. The molecule has 4 rings (SSSR count). The van der Waals surface area contributed by atoms with Gasteiger partial charge in [-0.1, -0.05) is 62.9 Å². The maximum Gasteiger partial charge on any atom is 0.327 e. The molecule has 40 heavy (non-hydrogen) atoms. The number of nitrogens with zero attached hydrogens (tertiary/aromatic N) is 1. The number of pyridine rings is 1. The lowest BCUT2D eigenvalue weighted by molar-refractivity contribution is -0.806. The second-order valence-corrected chi connectivity index (χ2v) is 13.6. The number of rotatable bonds is 12. The van der Waals surface area contributed by atoms with Crippen LogP contribution in [0, 0.1) is 5.41 Å². The van der Waals surface area contributed by atoms with Crippen LogP contribution in [-0.4, -0.2) is 54.6 Å². The Kier molecular flexibility index (Phi) is 10.0. The lowest BCUT2D eigenvalue weighted by Gasteiger charge is -2.23. The van der Waals surface area contributed by atoms with Gasteiger partial charge in [0.05, 0.1) is 13.2 Å². The van der Waals surface area contributed by atoms with Crippen LogP contribution in [0.4, 0.5) is 0 Å². The molecule has 4 unspecified atom stereocenters. The van der Waals surface area contributed by atoms with Crippen molar-refractivity contribution < 1.29 is 37.4 Å². The number of aromatic nitrogens is 1. The van der Waals surface area contributed by atoms with Crippen LogP contribution in [0.15, 0.2) is 54.9 Å². The number of amides is 1. The molecule has 2 aliphatic rings. The van der Waals surface area contributed by atoms with Gasteiger partial charge in [0, 0.05) is 23.8 Å². The number of hydrogen-bond acceptors (Lipinski definition) is 9. The van der Waals surface area contributed by atoms with Gasteiger partial charge in [0.25, 0.3) is 14.4 Å². The number of benzene rings is 1. The van der Waals surface area contributed by atoms with Crippen LogP contribution in [0.1, 0.15) is 50.5 Å². The average Bonchev–Trinajstić information content (AvgIpc) is 3.38. The molecule has 2 aliphatic heterocycles. The first kappa shape index (κ1) is 31.0.